The molecule has 1 nitrogen and oxygen atoms in total. The zero-order valence-electron chi connectivity index (χ0n) is 9.55. The summed E-state index contributed by atoms with van der Waals surface area (Å²) in [5.41, 5.74) is 0.172. The molecule has 1 heterocycles. The van der Waals surface area contributed by atoms with E-state index in [1.165, 1.54) is 6.42 Å². The first-order chi connectivity index (χ1) is 5.91. The molecule has 2 unspecified atom stereocenters. The molecule has 0 saturated carbocycles. The molecule has 0 aromatic rings. The maximum absolute atomic E-state index is 6.04. The first kappa shape index (κ1) is 10.8. The zero-order chi connectivity index (χ0) is 10.1. The van der Waals surface area contributed by atoms with Crippen LogP contribution in [-0.4, -0.2) is 11.7 Å². The Bertz CT molecular complexity index is 200. The van der Waals surface area contributed by atoms with Crippen molar-refractivity contribution < 1.29 is 4.74 Å². The lowest BCUT2D eigenvalue weighted by Gasteiger charge is -2.40. The Morgan fingerprint density at radius 1 is 1.38 bits per heavy atom. The first-order valence-corrected chi connectivity index (χ1v) is 5.28. The molecule has 76 valence electrons. The molecule has 0 radical (unpaired) electrons. The van der Waals surface area contributed by atoms with Crippen LogP contribution in [0.4, 0.5) is 0 Å². The highest BCUT2D eigenvalue weighted by molar-refractivity contribution is 5.15. The third-order valence-corrected chi connectivity index (χ3v) is 2.92. The van der Waals surface area contributed by atoms with Crippen molar-refractivity contribution in [2.45, 2.75) is 59.2 Å². The van der Waals surface area contributed by atoms with Gasteiger partial charge in [-0.3, -0.25) is 0 Å². The second-order valence-corrected chi connectivity index (χ2v) is 5.07. The van der Waals surface area contributed by atoms with E-state index in [4.69, 9.17) is 4.74 Å². The Labute approximate surface area is 82.2 Å². The van der Waals surface area contributed by atoms with Gasteiger partial charge in [0.2, 0.25) is 0 Å². The first-order valence-electron chi connectivity index (χ1n) is 5.28. The molecule has 1 rings (SSSR count). The highest BCUT2D eigenvalue weighted by Crippen LogP contribution is 2.42. The maximum atomic E-state index is 6.04. The maximum Gasteiger partial charge on any atom is 0.0919 e. The van der Waals surface area contributed by atoms with Crippen molar-refractivity contribution in [1.82, 2.24) is 0 Å². The summed E-state index contributed by atoms with van der Waals surface area (Å²) in [5.74, 6) is 0. The highest BCUT2D eigenvalue weighted by atomic mass is 16.5. The number of rotatable bonds is 2. The van der Waals surface area contributed by atoms with E-state index in [1.54, 1.807) is 0 Å². The predicted molar refractivity (Wildman–Crippen MR) is 56.8 cm³/mol. The van der Waals surface area contributed by atoms with Gasteiger partial charge in [0.05, 0.1) is 11.7 Å². The fraction of sp³-hybridized carbons (Fsp3) is 0.833. The molecule has 1 aliphatic heterocycles. The molecule has 13 heavy (non-hydrogen) atoms. The quantitative estimate of drug-likeness (QED) is 0.593. The van der Waals surface area contributed by atoms with Gasteiger partial charge in [-0.25, -0.2) is 0 Å². The van der Waals surface area contributed by atoms with E-state index in [9.17, 15) is 0 Å². The van der Waals surface area contributed by atoms with Gasteiger partial charge in [-0.05, 0) is 18.8 Å². The van der Waals surface area contributed by atoms with E-state index in [0.29, 0.717) is 0 Å². The number of hydrogen-bond donors (Lipinski definition) is 0. The Morgan fingerprint density at radius 2 is 2.00 bits per heavy atom. The van der Waals surface area contributed by atoms with Crippen LogP contribution >= 0.6 is 0 Å². The molecule has 2 atom stereocenters. The van der Waals surface area contributed by atoms with Gasteiger partial charge in [-0.2, -0.15) is 0 Å². The van der Waals surface area contributed by atoms with Gasteiger partial charge in [0.25, 0.3) is 0 Å². The van der Waals surface area contributed by atoms with Crippen LogP contribution in [0.2, 0.25) is 0 Å². The topological polar surface area (TPSA) is 9.23 Å². The van der Waals surface area contributed by atoms with Gasteiger partial charge in [0.1, 0.15) is 0 Å². The smallest absolute Gasteiger partial charge is 0.0919 e. The lowest BCUT2D eigenvalue weighted by atomic mass is 9.74. The van der Waals surface area contributed by atoms with Crippen LogP contribution in [0.1, 0.15) is 47.5 Å². The summed E-state index contributed by atoms with van der Waals surface area (Å²) in [6, 6.07) is 0. The normalized spacial score (nSPS) is 34.1. The molecular weight excluding hydrogens is 160 g/mol. The summed E-state index contributed by atoms with van der Waals surface area (Å²) in [4.78, 5) is 0. The van der Waals surface area contributed by atoms with Crippen molar-refractivity contribution in [3.8, 4) is 0 Å². The molecule has 1 heteroatoms. The van der Waals surface area contributed by atoms with E-state index in [-0.39, 0.29) is 17.1 Å². The van der Waals surface area contributed by atoms with Crippen molar-refractivity contribution in [2.75, 3.05) is 0 Å². The molecule has 0 aromatic heterocycles. The third kappa shape index (κ3) is 1.96. The van der Waals surface area contributed by atoms with Crippen molar-refractivity contribution >= 4 is 0 Å². The lowest BCUT2D eigenvalue weighted by molar-refractivity contribution is -0.0900. The van der Waals surface area contributed by atoms with E-state index >= 15 is 0 Å². The van der Waals surface area contributed by atoms with Gasteiger partial charge in [-0.1, -0.05) is 46.3 Å². The molecule has 0 fully saturated rings. The summed E-state index contributed by atoms with van der Waals surface area (Å²) in [5, 5.41) is 0. The van der Waals surface area contributed by atoms with Crippen LogP contribution in [0.25, 0.3) is 0 Å². The fourth-order valence-corrected chi connectivity index (χ4v) is 2.02. The Hall–Kier alpha value is -0.300. The summed E-state index contributed by atoms with van der Waals surface area (Å²) in [6.07, 6.45) is 7.03. The average Bonchev–Trinajstić information content (AvgIpc) is 2.32. The summed E-state index contributed by atoms with van der Waals surface area (Å²) < 4.78 is 6.04. The van der Waals surface area contributed by atoms with Crippen LogP contribution in [-0.2, 0) is 4.74 Å². The van der Waals surface area contributed by atoms with Crippen LogP contribution in [0.15, 0.2) is 12.2 Å². The van der Waals surface area contributed by atoms with Crippen molar-refractivity contribution in [2.24, 2.45) is 5.41 Å². The van der Waals surface area contributed by atoms with Crippen LogP contribution in [0.3, 0.4) is 0 Å². The molecule has 0 aromatic carbocycles. The Balaban J connectivity index is 2.85. The molecule has 0 N–H and O–H groups in total. The average molecular weight is 182 g/mol. The fourth-order valence-electron chi connectivity index (χ4n) is 2.02. The van der Waals surface area contributed by atoms with E-state index in [0.717, 1.165) is 6.42 Å². The SMILES string of the molecule is CCCC1(C(C)(C)C)C=CC(C)O1. The second-order valence-electron chi connectivity index (χ2n) is 5.07. The van der Waals surface area contributed by atoms with Crippen molar-refractivity contribution in [3.63, 3.8) is 0 Å². The minimum Gasteiger partial charge on any atom is -0.363 e. The zero-order valence-corrected chi connectivity index (χ0v) is 9.55. The molecular formula is C12H22O. The van der Waals surface area contributed by atoms with Crippen LogP contribution in [0, 0.1) is 5.41 Å². The third-order valence-electron chi connectivity index (χ3n) is 2.92. The molecule has 0 saturated heterocycles. The highest BCUT2D eigenvalue weighted by Gasteiger charge is 2.43. The summed E-state index contributed by atoms with van der Waals surface area (Å²) >= 11 is 0. The minimum atomic E-state index is -0.0266. The van der Waals surface area contributed by atoms with Gasteiger partial charge < -0.3 is 4.74 Å². The van der Waals surface area contributed by atoms with Gasteiger partial charge in [-0.15, -0.1) is 0 Å². The van der Waals surface area contributed by atoms with Gasteiger partial charge in [0, 0.05) is 0 Å². The van der Waals surface area contributed by atoms with Crippen molar-refractivity contribution in [1.29, 1.82) is 0 Å². The Morgan fingerprint density at radius 3 is 2.31 bits per heavy atom. The van der Waals surface area contributed by atoms with E-state index < -0.39 is 0 Å². The van der Waals surface area contributed by atoms with Crippen LogP contribution < -0.4 is 0 Å². The largest absolute Gasteiger partial charge is 0.363 e. The summed E-state index contributed by atoms with van der Waals surface area (Å²) in [7, 11) is 0. The van der Waals surface area contributed by atoms with Crippen LogP contribution in [0.5, 0.6) is 0 Å². The lowest BCUT2D eigenvalue weighted by Crippen LogP contribution is -2.42. The second kappa shape index (κ2) is 3.45. The minimum absolute atomic E-state index is 0.0266. The monoisotopic (exact) mass is 182 g/mol. The molecule has 1 aliphatic rings. The number of ether oxygens (including phenoxy) is 1. The molecule has 0 spiro atoms. The van der Waals surface area contributed by atoms with Gasteiger partial charge >= 0.3 is 0 Å². The summed E-state index contributed by atoms with van der Waals surface area (Å²) in [6.45, 7) is 11.1. The van der Waals surface area contributed by atoms with Crippen molar-refractivity contribution in [3.05, 3.63) is 12.2 Å². The Kier molecular flexibility index (Phi) is 2.86. The number of hydrogen-bond acceptors (Lipinski definition) is 1. The molecule has 0 amide bonds. The van der Waals surface area contributed by atoms with E-state index in [2.05, 4.69) is 46.8 Å². The molecule has 0 bridgehead atoms. The van der Waals surface area contributed by atoms with E-state index in [1.807, 2.05) is 0 Å². The standard InChI is InChI=1S/C12H22O/c1-6-8-12(11(3,4)5)9-7-10(2)13-12/h7,9-10H,6,8H2,1-5H3. The molecule has 0 aliphatic carbocycles. The van der Waals surface area contributed by atoms with Gasteiger partial charge in [0.15, 0.2) is 0 Å². The predicted octanol–water partition coefficient (Wildman–Crippen LogP) is 3.55.